The summed E-state index contributed by atoms with van der Waals surface area (Å²) in [6.07, 6.45) is 1.84. The van der Waals surface area contributed by atoms with Gasteiger partial charge in [-0.2, -0.15) is 0 Å². The molecule has 1 aromatic carbocycles. The Morgan fingerprint density at radius 1 is 1.35 bits per heavy atom. The van der Waals surface area contributed by atoms with Crippen LogP contribution in [0.4, 0.5) is 10.5 Å². The van der Waals surface area contributed by atoms with Gasteiger partial charge in [-0.3, -0.25) is 15.0 Å². The molecule has 0 spiro atoms. The molecule has 0 fully saturated rings. The molecule has 0 aromatic heterocycles. The minimum atomic E-state index is -0.607. The lowest BCUT2D eigenvalue weighted by molar-refractivity contribution is -0.482. The second kappa shape index (κ2) is 6.40. The van der Waals surface area contributed by atoms with Crippen LogP contribution in [0.15, 0.2) is 36.0 Å². The number of carbonyl (C=O) groups excluding carboxylic acids is 1. The maximum atomic E-state index is 12.5. The number of fused-ring (bicyclic) bond motifs is 1. The standard InChI is InChI=1S/C17H22N2O4/c1-5-12-10-18(16(20)23-17(2,3)4)15-9-7-6-8-13(15)14(12)11-19(21)22/h6-10,14H,5,11H2,1-4H3/t14-/m0/s1. The lowest BCUT2D eigenvalue weighted by Crippen LogP contribution is -2.37. The summed E-state index contributed by atoms with van der Waals surface area (Å²) in [7, 11) is 0. The Hall–Kier alpha value is -2.37. The highest BCUT2D eigenvalue weighted by Crippen LogP contribution is 2.39. The van der Waals surface area contributed by atoms with Gasteiger partial charge in [-0.05, 0) is 44.4 Å². The number of hydrogen-bond donors (Lipinski definition) is 0. The van der Waals surface area contributed by atoms with Gasteiger partial charge in [0.1, 0.15) is 5.60 Å². The van der Waals surface area contributed by atoms with E-state index in [1.165, 1.54) is 4.90 Å². The van der Waals surface area contributed by atoms with E-state index in [1.54, 1.807) is 33.0 Å². The highest BCUT2D eigenvalue weighted by Gasteiger charge is 2.33. The van der Waals surface area contributed by atoms with E-state index in [9.17, 15) is 14.9 Å². The minimum absolute atomic E-state index is 0.182. The van der Waals surface area contributed by atoms with Crippen LogP contribution in [0.2, 0.25) is 0 Å². The number of amides is 1. The highest BCUT2D eigenvalue weighted by atomic mass is 16.6. The Balaban J connectivity index is 2.45. The molecule has 1 aromatic rings. The van der Waals surface area contributed by atoms with Crippen molar-refractivity contribution in [3.63, 3.8) is 0 Å². The minimum Gasteiger partial charge on any atom is -0.443 e. The van der Waals surface area contributed by atoms with E-state index in [0.29, 0.717) is 12.1 Å². The first kappa shape index (κ1) is 17.0. The van der Waals surface area contributed by atoms with Crippen LogP contribution in [0.1, 0.15) is 45.6 Å². The summed E-state index contributed by atoms with van der Waals surface area (Å²) in [5.74, 6) is -0.315. The first-order chi connectivity index (χ1) is 10.7. The van der Waals surface area contributed by atoms with Gasteiger partial charge >= 0.3 is 6.09 Å². The van der Waals surface area contributed by atoms with Crippen molar-refractivity contribution < 1.29 is 14.5 Å². The molecule has 6 nitrogen and oxygen atoms in total. The lowest BCUT2D eigenvalue weighted by Gasteiger charge is -2.33. The quantitative estimate of drug-likeness (QED) is 0.621. The first-order valence-corrected chi connectivity index (χ1v) is 7.66. The molecule has 0 radical (unpaired) electrons. The summed E-state index contributed by atoms with van der Waals surface area (Å²) >= 11 is 0. The molecule has 0 saturated carbocycles. The van der Waals surface area contributed by atoms with E-state index in [0.717, 1.165) is 11.1 Å². The second-order valence-electron chi connectivity index (χ2n) is 6.53. The van der Waals surface area contributed by atoms with Crippen LogP contribution in [0, 0.1) is 10.1 Å². The Morgan fingerprint density at radius 3 is 2.57 bits per heavy atom. The van der Waals surface area contributed by atoms with E-state index >= 15 is 0 Å². The number of carbonyl (C=O) groups is 1. The molecular formula is C17H22N2O4. The maximum Gasteiger partial charge on any atom is 0.418 e. The van der Waals surface area contributed by atoms with Gasteiger partial charge < -0.3 is 4.74 Å². The molecule has 23 heavy (non-hydrogen) atoms. The van der Waals surface area contributed by atoms with Crippen molar-refractivity contribution in [2.75, 3.05) is 11.4 Å². The molecule has 0 unspecified atom stereocenters. The Kier molecular flexibility index (Phi) is 4.73. The third-order valence-electron chi connectivity index (χ3n) is 3.64. The van der Waals surface area contributed by atoms with Crippen molar-refractivity contribution in [3.8, 4) is 0 Å². The monoisotopic (exact) mass is 318 g/mol. The number of nitrogens with zero attached hydrogens (tertiary/aromatic N) is 2. The fraction of sp³-hybridized carbons (Fsp3) is 0.471. The fourth-order valence-corrected chi connectivity index (χ4v) is 2.69. The predicted molar refractivity (Wildman–Crippen MR) is 88.1 cm³/mol. The van der Waals surface area contributed by atoms with Gasteiger partial charge in [-0.15, -0.1) is 0 Å². The number of hydrogen-bond acceptors (Lipinski definition) is 4. The summed E-state index contributed by atoms with van der Waals surface area (Å²) in [6, 6.07) is 7.26. The fourth-order valence-electron chi connectivity index (χ4n) is 2.69. The van der Waals surface area contributed by atoms with Gasteiger partial charge in [0.2, 0.25) is 6.54 Å². The van der Waals surface area contributed by atoms with Crippen LogP contribution >= 0.6 is 0 Å². The van der Waals surface area contributed by atoms with Crippen molar-refractivity contribution in [1.29, 1.82) is 0 Å². The van der Waals surface area contributed by atoms with Crippen molar-refractivity contribution in [1.82, 2.24) is 0 Å². The number of nitro groups is 1. The zero-order valence-electron chi connectivity index (χ0n) is 13.9. The molecule has 2 rings (SSSR count). The molecule has 1 aliphatic heterocycles. The van der Waals surface area contributed by atoms with Gasteiger partial charge in [-0.25, -0.2) is 4.79 Å². The van der Waals surface area contributed by atoms with Crippen LogP contribution in [-0.2, 0) is 4.74 Å². The zero-order valence-corrected chi connectivity index (χ0v) is 13.9. The second-order valence-corrected chi connectivity index (χ2v) is 6.53. The van der Waals surface area contributed by atoms with E-state index in [2.05, 4.69) is 0 Å². The molecule has 0 bridgehead atoms. The molecule has 6 heteroatoms. The molecule has 1 heterocycles. The molecule has 1 aliphatic rings. The van der Waals surface area contributed by atoms with E-state index in [1.807, 2.05) is 25.1 Å². The molecule has 124 valence electrons. The number of rotatable bonds is 3. The third kappa shape index (κ3) is 3.88. The zero-order chi connectivity index (χ0) is 17.2. The average Bonchev–Trinajstić information content (AvgIpc) is 2.45. The summed E-state index contributed by atoms with van der Waals surface area (Å²) in [5.41, 5.74) is 1.68. The Morgan fingerprint density at radius 2 is 2.00 bits per heavy atom. The number of para-hydroxylation sites is 1. The van der Waals surface area contributed by atoms with Crippen LogP contribution in [0.5, 0.6) is 0 Å². The lowest BCUT2D eigenvalue weighted by atomic mass is 9.86. The van der Waals surface area contributed by atoms with E-state index in [-0.39, 0.29) is 17.4 Å². The Bertz CT molecular complexity index is 646. The van der Waals surface area contributed by atoms with Crippen molar-refractivity contribution in [3.05, 3.63) is 51.7 Å². The van der Waals surface area contributed by atoms with Crippen LogP contribution in [-0.4, -0.2) is 23.2 Å². The van der Waals surface area contributed by atoms with Gasteiger partial charge in [-0.1, -0.05) is 25.1 Å². The third-order valence-corrected chi connectivity index (χ3v) is 3.64. The number of anilines is 1. The molecule has 0 saturated heterocycles. The van der Waals surface area contributed by atoms with Gasteiger partial charge in [0.15, 0.2) is 0 Å². The summed E-state index contributed by atoms with van der Waals surface area (Å²) in [6.45, 7) is 7.17. The topological polar surface area (TPSA) is 72.7 Å². The predicted octanol–water partition coefficient (Wildman–Crippen LogP) is 4.10. The van der Waals surface area contributed by atoms with Crippen LogP contribution < -0.4 is 4.90 Å². The largest absolute Gasteiger partial charge is 0.443 e. The maximum absolute atomic E-state index is 12.5. The molecule has 1 amide bonds. The van der Waals surface area contributed by atoms with Crippen molar-refractivity contribution in [2.45, 2.75) is 45.6 Å². The molecule has 1 atom stereocenters. The highest BCUT2D eigenvalue weighted by molar-refractivity contribution is 5.92. The number of benzene rings is 1. The van der Waals surface area contributed by atoms with Crippen LogP contribution in [0.25, 0.3) is 0 Å². The summed E-state index contributed by atoms with van der Waals surface area (Å²) < 4.78 is 5.45. The first-order valence-electron chi connectivity index (χ1n) is 7.66. The van der Waals surface area contributed by atoms with Gasteiger partial charge in [0.05, 0.1) is 11.6 Å². The van der Waals surface area contributed by atoms with E-state index in [4.69, 9.17) is 4.74 Å². The molecule has 0 N–H and O–H groups in total. The SMILES string of the molecule is CCC1=CN(C(=O)OC(C)(C)C)c2ccccc2[C@H]1C[N+](=O)[O-]. The summed E-state index contributed by atoms with van der Waals surface area (Å²) in [4.78, 5) is 24.6. The van der Waals surface area contributed by atoms with Crippen molar-refractivity contribution in [2.24, 2.45) is 0 Å². The molecular weight excluding hydrogens is 296 g/mol. The van der Waals surface area contributed by atoms with Crippen molar-refractivity contribution >= 4 is 11.8 Å². The number of ether oxygens (including phenoxy) is 1. The average molecular weight is 318 g/mol. The normalized spacial score (nSPS) is 17.3. The van der Waals surface area contributed by atoms with Gasteiger partial charge in [0, 0.05) is 11.1 Å². The van der Waals surface area contributed by atoms with E-state index < -0.39 is 11.7 Å². The summed E-state index contributed by atoms with van der Waals surface area (Å²) in [5, 5.41) is 11.0. The smallest absolute Gasteiger partial charge is 0.418 e. The van der Waals surface area contributed by atoms with Gasteiger partial charge in [0.25, 0.3) is 0 Å². The Labute approximate surface area is 135 Å². The molecule has 0 aliphatic carbocycles. The van der Waals surface area contributed by atoms with Crippen LogP contribution in [0.3, 0.4) is 0 Å².